The molecule has 1 fully saturated rings. The van der Waals surface area contributed by atoms with E-state index in [1.54, 1.807) is 14.0 Å². The van der Waals surface area contributed by atoms with Gasteiger partial charge < -0.3 is 19.5 Å². The van der Waals surface area contributed by atoms with E-state index in [0.29, 0.717) is 24.9 Å². The van der Waals surface area contributed by atoms with Crippen LogP contribution in [0.2, 0.25) is 0 Å². The van der Waals surface area contributed by atoms with E-state index in [4.69, 9.17) is 4.74 Å². The topological polar surface area (TPSA) is 76.5 Å². The predicted octanol–water partition coefficient (Wildman–Crippen LogP) is 1.06. The van der Waals surface area contributed by atoms with Crippen molar-refractivity contribution < 1.29 is 14.3 Å². The lowest BCUT2D eigenvalue weighted by Gasteiger charge is -2.33. The molecule has 0 unspecified atom stereocenters. The lowest BCUT2D eigenvalue weighted by molar-refractivity contribution is -0.130. The van der Waals surface area contributed by atoms with Crippen LogP contribution in [0, 0.1) is 13.8 Å². The lowest BCUT2D eigenvalue weighted by Crippen LogP contribution is -2.38. The molecule has 1 saturated heterocycles. The SMILES string of the molecule is COCCNC(=O)c1nc(C)n(C2CCN(C(C)=O)CC2)c1C. The minimum atomic E-state index is -0.164. The third kappa shape index (κ3) is 3.90. The molecule has 0 bridgehead atoms. The zero-order chi connectivity index (χ0) is 17.0. The quantitative estimate of drug-likeness (QED) is 0.823. The second-order valence-electron chi connectivity index (χ2n) is 5.95. The summed E-state index contributed by atoms with van der Waals surface area (Å²) >= 11 is 0. The Hall–Kier alpha value is -1.89. The molecule has 2 heterocycles. The largest absolute Gasteiger partial charge is 0.383 e. The van der Waals surface area contributed by atoms with Crippen LogP contribution in [0.4, 0.5) is 0 Å². The molecule has 1 aromatic heterocycles. The van der Waals surface area contributed by atoms with Crippen molar-refractivity contribution in [1.82, 2.24) is 19.8 Å². The molecule has 1 N–H and O–H groups in total. The average Bonchev–Trinajstić information content (AvgIpc) is 2.82. The molecule has 0 radical (unpaired) electrons. The van der Waals surface area contributed by atoms with Crippen LogP contribution in [0.3, 0.4) is 0 Å². The molecule has 1 aliphatic rings. The van der Waals surface area contributed by atoms with Gasteiger partial charge in [-0.2, -0.15) is 0 Å². The van der Waals surface area contributed by atoms with Gasteiger partial charge in [0.1, 0.15) is 11.5 Å². The van der Waals surface area contributed by atoms with Gasteiger partial charge in [0.2, 0.25) is 5.91 Å². The van der Waals surface area contributed by atoms with Crippen molar-refractivity contribution in [1.29, 1.82) is 0 Å². The minimum Gasteiger partial charge on any atom is -0.383 e. The van der Waals surface area contributed by atoms with E-state index in [2.05, 4.69) is 14.9 Å². The van der Waals surface area contributed by atoms with Crippen molar-refractivity contribution in [2.75, 3.05) is 33.4 Å². The fourth-order valence-corrected chi connectivity index (χ4v) is 3.20. The maximum atomic E-state index is 12.2. The normalized spacial score (nSPS) is 15.7. The third-order valence-electron chi connectivity index (χ3n) is 4.41. The van der Waals surface area contributed by atoms with Gasteiger partial charge in [0.05, 0.1) is 6.61 Å². The zero-order valence-corrected chi connectivity index (χ0v) is 14.4. The van der Waals surface area contributed by atoms with Crippen LogP contribution in [0.5, 0.6) is 0 Å². The van der Waals surface area contributed by atoms with Gasteiger partial charge in [-0.1, -0.05) is 0 Å². The molecule has 2 amide bonds. The van der Waals surface area contributed by atoms with Crippen molar-refractivity contribution in [2.24, 2.45) is 0 Å². The Morgan fingerprint density at radius 3 is 2.52 bits per heavy atom. The number of likely N-dealkylation sites (tertiary alicyclic amines) is 1. The Kier molecular flexibility index (Phi) is 5.76. The maximum absolute atomic E-state index is 12.2. The van der Waals surface area contributed by atoms with Gasteiger partial charge in [0.15, 0.2) is 0 Å². The lowest BCUT2D eigenvalue weighted by atomic mass is 10.0. The summed E-state index contributed by atoms with van der Waals surface area (Å²) in [4.78, 5) is 30.0. The molecule has 23 heavy (non-hydrogen) atoms. The number of aromatic nitrogens is 2. The number of nitrogens with zero attached hydrogens (tertiary/aromatic N) is 3. The van der Waals surface area contributed by atoms with E-state index in [9.17, 15) is 9.59 Å². The number of amides is 2. The van der Waals surface area contributed by atoms with Crippen LogP contribution in [-0.2, 0) is 9.53 Å². The van der Waals surface area contributed by atoms with Gasteiger partial charge in [-0.15, -0.1) is 0 Å². The first-order chi connectivity index (χ1) is 11.0. The molecule has 7 heteroatoms. The zero-order valence-electron chi connectivity index (χ0n) is 14.4. The number of ether oxygens (including phenoxy) is 1. The van der Waals surface area contributed by atoms with Crippen LogP contribution >= 0.6 is 0 Å². The molecule has 1 aliphatic heterocycles. The monoisotopic (exact) mass is 322 g/mol. The second kappa shape index (κ2) is 7.59. The highest BCUT2D eigenvalue weighted by Gasteiger charge is 2.26. The highest BCUT2D eigenvalue weighted by Crippen LogP contribution is 2.27. The Bertz CT molecular complexity index is 574. The Balaban J connectivity index is 2.09. The summed E-state index contributed by atoms with van der Waals surface area (Å²) in [7, 11) is 1.60. The second-order valence-corrected chi connectivity index (χ2v) is 5.95. The number of carbonyl (C=O) groups is 2. The minimum absolute atomic E-state index is 0.126. The molecule has 0 aliphatic carbocycles. The summed E-state index contributed by atoms with van der Waals surface area (Å²) in [5.41, 5.74) is 1.37. The summed E-state index contributed by atoms with van der Waals surface area (Å²) in [6, 6.07) is 0.290. The summed E-state index contributed by atoms with van der Waals surface area (Å²) in [5, 5.41) is 2.81. The number of carbonyl (C=O) groups excluding carboxylic acids is 2. The van der Waals surface area contributed by atoms with Gasteiger partial charge in [-0.05, 0) is 26.7 Å². The van der Waals surface area contributed by atoms with Gasteiger partial charge in [-0.25, -0.2) is 4.98 Å². The van der Waals surface area contributed by atoms with Gasteiger partial charge in [0.25, 0.3) is 5.91 Å². The maximum Gasteiger partial charge on any atom is 0.271 e. The molecular formula is C16H26N4O3. The fourth-order valence-electron chi connectivity index (χ4n) is 3.20. The number of rotatable bonds is 5. The summed E-state index contributed by atoms with van der Waals surface area (Å²) < 4.78 is 7.08. The molecule has 2 rings (SSSR count). The number of imidazole rings is 1. The first-order valence-corrected chi connectivity index (χ1v) is 8.03. The number of nitrogens with one attached hydrogen (secondary N) is 1. The van der Waals surface area contributed by atoms with Crippen LogP contribution in [0.15, 0.2) is 0 Å². The predicted molar refractivity (Wildman–Crippen MR) is 86.4 cm³/mol. The molecule has 7 nitrogen and oxygen atoms in total. The number of hydrogen-bond acceptors (Lipinski definition) is 4. The third-order valence-corrected chi connectivity index (χ3v) is 4.41. The first kappa shape index (κ1) is 17.5. The van der Waals surface area contributed by atoms with Crippen LogP contribution in [-0.4, -0.2) is 59.6 Å². The first-order valence-electron chi connectivity index (χ1n) is 8.03. The number of methoxy groups -OCH3 is 1. The van der Waals surface area contributed by atoms with E-state index in [0.717, 1.165) is 37.4 Å². The Morgan fingerprint density at radius 1 is 1.30 bits per heavy atom. The summed E-state index contributed by atoms with van der Waals surface area (Å²) in [5.74, 6) is 0.809. The molecular weight excluding hydrogens is 296 g/mol. The van der Waals surface area contributed by atoms with E-state index < -0.39 is 0 Å². The molecule has 0 spiro atoms. The van der Waals surface area contributed by atoms with Crippen LogP contribution in [0.1, 0.15) is 47.8 Å². The van der Waals surface area contributed by atoms with Crippen molar-refractivity contribution in [2.45, 2.75) is 39.7 Å². The Labute approximate surface area is 137 Å². The van der Waals surface area contributed by atoms with E-state index >= 15 is 0 Å². The van der Waals surface area contributed by atoms with E-state index in [1.165, 1.54) is 0 Å². The smallest absolute Gasteiger partial charge is 0.271 e. The summed E-state index contributed by atoms with van der Waals surface area (Å²) in [6.07, 6.45) is 1.78. The highest BCUT2D eigenvalue weighted by molar-refractivity contribution is 5.93. The van der Waals surface area contributed by atoms with Crippen molar-refractivity contribution >= 4 is 11.8 Å². The molecule has 128 valence electrons. The van der Waals surface area contributed by atoms with Crippen LogP contribution in [0.25, 0.3) is 0 Å². The fraction of sp³-hybridized carbons (Fsp3) is 0.688. The van der Waals surface area contributed by atoms with E-state index in [1.807, 2.05) is 18.7 Å². The Morgan fingerprint density at radius 2 is 1.96 bits per heavy atom. The summed E-state index contributed by atoms with van der Waals surface area (Å²) in [6.45, 7) is 7.93. The molecule has 0 saturated carbocycles. The van der Waals surface area contributed by atoms with Crippen molar-refractivity contribution in [3.8, 4) is 0 Å². The number of aryl methyl sites for hydroxylation is 1. The standard InChI is InChI=1S/C16H26N4O3/c1-11-15(16(22)17-7-10-23-4)18-12(2)20(11)14-5-8-19(9-6-14)13(3)21/h14H,5-10H2,1-4H3,(H,17,22). The molecule has 0 aromatic carbocycles. The van der Waals surface area contributed by atoms with Crippen molar-refractivity contribution in [3.05, 3.63) is 17.2 Å². The average molecular weight is 322 g/mol. The van der Waals surface area contributed by atoms with Gasteiger partial charge in [-0.3, -0.25) is 9.59 Å². The van der Waals surface area contributed by atoms with Crippen molar-refractivity contribution in [3.63, 3.8) is 0 Å². The molecule has 0 atom stereocenters. The number of piperidine rings is 1. The number of hydrogen-bond donors (Lipinski definition) is 1. The van der Waals surface area contributed by atoms with Crippen LogP contribution < -0.4 is 5.32 Å². The van der Waals surface area contributed by atoms with Gasteiger partial charge in [0, 0.05) is 45.4 Å². The van der Waals surface area contributed by atoms with E-state index in [-0.39, 0.29) is 11.8 Å². The highest BCUT2D eigenvalue weighted by atomic mass is 16.5. The van der Waals surface area contributed by atoms with Gasteiger partial charge >= 0.3 is 0 Å². The molecule has 1 aromatic rings.